The van der Waals surface area contributed by atoms with Gasteiger partial charge in [0, 0.05) is 22.9 Å². The SMILES string of the molecule is COc1cc(C2CCCc3nc(SCc4c(F)cc(C#N)cc4F)n(-c4ccc(F)cc4)c32)ccc1F. The minimum absolute atomic E-state index is 0.0600. The fourth-order valence-electron chi connectivity index (χ4n) is 4.70. The monoisotopic (exact) mass is 523 g/mol. The van der Waals surface area contributed by atoms with Gasteiger partial charge in [-0.3, -0.25) is 4.57 Å². The van der Waals surface area contributed by atoms with Gasteiger partial charge in [0.2, 0.25) is 0 Å². The lowest BCUT2D eigenvalue weighted by molar-refractivity contribution is 0.385. The van der Waals surface area contributed by atoms with Crippen LogP contribution in [0.25, 0.3) is 5.69 Å². The first kappa shape index (κ1) is 24.9. The minimum atomic E-state index is -0.801. The van der Waals surface area contributed by atoms with Crippen LogP contribution in [0.1, 0.15) is 46.8 Å². The van der Waals surface area contributed by atoms with E-state index in [-0.39, 0.29) is 28.5 Å². The van der Waals surface area contributed by atoms with Crippen molar-refractivity contribution in [2.75, 3.05) is 7.11 Å². The third-order valence-corrected chi connectivity index (χ3v) is 7.44. The van der Waals surface area contributed by atoms with Crippen molar-refractivity contribution in [2.45, 2.75) is 36.1 Å². The van der Waals surface area contributed by atoms with Gasteiger partial charge < -0.3 is 4.74 Å². The summed E-state index contributed by atoms with van der Waals surface area (Å²) in [5, 5.41) is 9.47. The molecular formula is C28H21F4N3OS. The van der Waals surface area contributed by atoms with Gasteiger partial charge in [0.05, 0.1) is 30.1 Å². The predicted molar refractivity (Wildman–Crippen MR) is 132 cm³/mol. The Morgan fingerprint density at radius 2 is 1.76 bits per heavy atom. The molecule has 0 amide bonds. The zero-order valence-electron chi connectivity index (χ0n) is 19.8. The zero-order chi connectivity index (χ0) is 26.1. The molecule has 0 fully saturated rings. The summed E-state index contributed by atoms with van der Waals surface area (Å²) in [5.74, 6) is -2.52. The lowest BCUT2D eigenvalue weighted by Crippen LogP contribution is -2.15. The van der Waals surface area contributed by atoms with Crippen LogP contribution in [-0.2, 0) is 12.2 Å². The van der Waals surface area contributed by atoms with Crippen LogP contribution in [0.2, 0.25) is 0 Å². The second-order valence-corrected chi connectivity index (χ2v) is 9.64. The third kappa shape index (κ3) is 4.81. The van der Waals surface area contributed by atoms with E-state index in [1.807, 2.05) is 4.57 Å². The van der Waals surface area contributed by atoms with Crippen LogP contribution in [0, 0.1) is 34.6 Å². The molecule has 0 saturated heterocycles. The molecule has 0 spiro atoms. The number of aryl methyl sites for hydroxylation is 1. The Morgan fingerprint density at radius 1 is 1.03 bits per heavy atom. The number of rotatable bonds is 6. The first-order valence-electron chi connectivity index (χ1n) is 11.6. The summed E-state index contributed by atoms with van der Waals surface area (Å²) in [6, 6.07) is 14.5. The maximum atomic E-state index is 14.6. The number of fused-ring (bicyclic) bond motifs is 1. The molecule has 1 unspecified atom stereocenters. The Kier molecular flexibility index (Phi) is 6.94. The highest BCUT2D eigenvalue weighted by Crippen LogP contribution is 2.42. The average molecular weight is 524 g/mol. The number of aromatic nitrogens is 2. The Bertz CT molecular complexity index is 1490. The van der Waals surface area contributed by atoms with E-state index in [1.165, 1.54) is 25.3 Å². The van der Waals surface area contributed by atoms with Gasteiger partial charge in [0.1, 0.15) is 17.5 Å². The van der Waals surface area contributed by atoms with Crippen molar-refractivity contribution in [1.82, 2.24) is 9.55 Å². The lowest BCUT2D eigenvalue weighted by Gasteiger charge is -2.25. The second kappa shape index (κ2) is 10.3. The maximum Gasteiger partial charge on any atom is 0.173 e. The average Bonchev–Trinajstić information content (AvgIpc) is 3.27. The number of imidazole rings is 1. The highest BCUT2D eigenvalue weighted by molar-refractivity contribution is 7.98. The summed E-state index contributed by atoms with van der Waals surface area (Å²) in [7, 11) is 1.41. The highest BCUT2D eigenvalue weighted by Gasteiger charge is 2.31. The molecule has 188 valence electrons. The molecule has 37 heavy (non-hydrogen) atoms. The summed E-state index contributed by atoms with van der Waals surface area (Å²) in [5.41, 5.74) is 2.95. The van der Waals surface area contributed by atoms with Crippen molar-refractivity contribution < 1.29 is 22.3 Å². The lowest BCUT2D eigenvalue weighted by atomic mass is 9.84. The molecule has 0 saturated carbocycles. The quantitative estimate of drug-likeness (QED) is 0.200. The van der Waals surface area contributed by atoms with E-state index in [9.17, 15) is 17.6 Å². The van der Waals surface area contributed by atoms with Crippen LogP contribution in [0.15, 0.2) is 59.8 Å². The van der Waals surface area contributed by atoms with Crippen molar-refractivity contribution in [3.8, 4) is 17.5 Å². The number of hydrogen-bond acceptors (Lipinski definition) is 4. The van der Waals surface area contributed by atoms with E-state index in [2.05, 4.69) is 0 Å². The Morgan fingerprint density at radius 3 is 2.43 bits per heavy atom. The Hall–Kier alpha value is -3.77. The fourth-order valence-corrected chi connectivity index (χ4v) is 5.76. The van der Waals surface area contributed by atoms with E-state index in [0.717, 1.165) is 53.7 Å². The number of nitriles is 1. The summed E-state index contributed by atoms with van der Waals surface area (Å²) in [4.78, 5) is 4.82. The van der Waals surface area contributed by atoms with Crippen LogP contribution in [0.4, 0.5) is 17.6 Å². The summed E-state index contributed by atoms with van der Waals surface area (Å²) < 4.78 is 64.1. The molecule has 4 aromatic rings. The van der Waals surface area contributed by atoms with Crippen LogP contribution < -0.4 is 4.74 Å². The smallest absolute Gasteiger partial charge is 0.173 e. The largest absolute Gasteiger partial charge is 0.494 e. The van der Waals surface area contributed by atoms with E-state index >= 15 is 0 Å². The van der Waals surface area contributed by atoms with Crippen LogP contribution in [0.5, 0.6) is 5.75 Å². The van der Waals surface area contributed by atoms with E-state index in [0.29, 0.717) is 17.3 Å². The van der Waals surface area contributed by atoms with Crippen molar-refractivity contribution in [2.24, 2.45) is 0 Å². The predicted octanol–water partition coefficient (Wildman–Crippen LogP) is 7.07. The molecule has 0 bridgehead atoms. The molecule has 1 aliphatic rings. The van der Waals surface area contributed by atoms with Gasteiger partial charge >= 0.3 is 0 Å². The van der Waals surface area contributed by atoms with Gasteiger partial charge in [-0.25, -0.2) is 22.5 Å². The molecular weight excluding hydrogens is 502 g/mol. The number of methoxy groups -OCH3 is 1. The molecule has 3 aromatic carbocycles. The van der Waals surface area contributed by atoms with Gasteiger partial charge in [-0.05, 0) is 73.4 Å². The fraction of sp³-hybridized carbons (Fsp3) is 0.214. The molecule has 1 aliphatic carbocycles. The van der Waals surface area contributed by atoms with Gasteiger partial charge in [0.25, 0.3) is 0 Å². The zero-order valence-corrected chi connectivity index (χ0v) is 20.6. The first-order valence-corrected chi connectivity index (χ1v) is 12.6. The molecule has 1 aromatic heterocycles. The minimum Gasteiger partial charge on any atom is -0.494 e. The molecule has 1 atom stereocenters. The summed E-state index contributed by atoms with van der Waals surface area (Å²) in [6.45, 7) is 0. The van der Waals surface area contributed by atoms with Crippen LogP contribution >= 0.6 is 11.8 Å². The topological polar surface area (TPSA) is 50.8 Å². The Balaban J connectivity index is 1.60. The molecule has 0 N–H and O–H groups in total. The van der Waals surface area contributed by atoms with E-state index in [4.69, 9.17) is 15.0 Å². The maximum absolute atomic E-state index is 14.6. The number of ether oxygens (including phenoxy) is 1. The van der Waals surface area contributed by atoms with E-state index in [1.54, 1.807) is 30.3 Å². The number of hydrogen-bond donors (Lipinski definition) is 0. The third-order valence-electron chi connectivity index (χ3n) is 6.47. The number of thioether (sulfide) groups is 1. The van der Waals surface area contributed by atoms with Crippen molar-refractivity contribution >= 4 is 11.8 Å². The van der Waals surface area contributed by atoms with E-state index < -0.39 is 23.3 Å². The van der Waals surface area contributed by atoms with Crippen molar-refractivity contribution in [1.29, 1.82) is 5.26 Å². The van der Waals surface area contributed by atoms with Gasteiger partial charge in [-0.15, -0.1) is 0 Å². The van der Waals surface area contributed by atoms with Crippen LogP contribution in [-0.4, -0.2) is 16.7 Å². The standard InChI is InChI=1S/C28H21F4N3OS/c1-36-26-13-17(5-10-22(26)30)20-3-2-4-25-27(20)35(19-8-6-18(29)7-9-19)28(34-25)37-15-21-23(31)11-16(14-33)12-24(21)32/h5-13,20H,2-4,15H2,1H3. The number of nitrogens with zero attached hydrogens (tertiary/aromatic N) is 3. The summed E-state index contributed by atoms with van der Waals surface area (Å²) >= 11 is 1.15. The molecule has 0 radical (unpaired) electrons. The van der Waals surface area contributed by atoms with Gasteiger partial charge in [-0.2, -0.15) is 5.26 Å². The molecule has 5 rings (SSSR count). The summed E-state index contributed by atoms with van der Waals surface area (Å²) in [6.07, 6.45) is 2.32. The van der Waals surface area contributed by atoms with Crippen molar-refractivity contribution in [3.05, 3.63) is 106 Å². The molecule has 0 aliphatic heterocycles. The van der Waals surface area contributed by atoms with Crippen LogP contribution in [0.3, 0.4) is 0 Å². The molecule has 9 heteroatoms. The molecule has 4 nitrogen and oxygen atoms in total. The second-order valence-electron chi connectivity index (χ2n) is 8.70. The Labute approximate surface area is 215 Å². The highest BCUT2D eigenvalue weighted by atomic mass is 32.2. The van der Waals surface area contributed by atoms with Crippen molar-refractivity contribution in [3.63, 3.8) is 0 Å². The van der Waals surface area contributed by atoms with Gasteiger partial charge in [-0.1, -0.05) is 17.8 Å². The number of benzene rings is 3. The van der Waals surface area contributed by atoms with Gasteiger partial charge in [0.15, 0.2) is 16.7 Å². The molecule has 1 heterocycles. The first-order chi connectivity index (χ1) is 17.9. The number of halogens is 4. The normalized spacial score (nSPS) is 14.8.